The molecule has 0 fully saturated rings. The van der Waals surface area contributed by atoms with E-state index in [0.717, 1.165) is 45.0 Å². The first-order chi connectivity index (χ1) is 17.2. The zero-order valence-electron chi connectivity index (χ0n) is 21.1. The number of esters is 1. The molecule has 0 atom stereocenters. The van der Waals surface area contributed by atoms with E-state index in [-0.39, 0.29) is 18.9 Å². The van der Waals surface area contributed by atoms with Gasteiger partial charge in [-0.1, -0.05) is 40.5 Å². The molecule has 11 heteroatoms. The summed E-state index contributed by atoms with van der Waals surface area (Å²) in [5.41, 5.74) is 5.44. The third-order valence-electron chi connectivity index (χ3n) is 6.76. The van der Waals surface area contributed by atoms with Gasteiger partial charge in [-0.2, -0.15) is 9.40 Å². The first-order valence-electron chi connectivity index (χ1n) is 12.2. The summed E-state index contributed by atoms with van der Waals surface area (Å²) >= 11 is 10.4. The van der Waals surface area contributed by atoms with Crippen molar-refractivity contribution < 1.29 is 17.9 Å². The summed E-state index contributed by atoms with van der Waals surface area (Å²) < 4.78 is 36.8. The summed E-state index contributed by atoms with van der Waals surface area (Å²) in [4.78, 5) is 13.3. The highest BCUT2D eigenvalue weighted by molar-refractivity contribution is 9.09. The lowest BCUT2D eigenvalue weighted by atomic mass is 9.97. The Bertz CT molecular complexity index is 1410. The Balaban J connectivity index is 2.17. The van der Waals surface area contributed by atoms with Crippen molar-refractivity contribution in [3.63, 3.8) is 0 Å². The van der Waals surface area contributed by atoms with Crippen molar-refractivity contribution in [1.82, 2.24) is 18.7 Å². The molecule has 0 saturated carbocycles. The van der Waals surface area contributed by atoms with Gasteiger partial charge in [-0.15, -0.1) is 0 Å². The lowest BCUT2D eigenvalue weighted by Gasteiger charge is -2.16. The topological polar surface area (TPSA) is 86.4 Å². The Hall–Kier alpha value is -1.88. The molecule has 36 heavy (non-hydrogen) atoms. The Morgan fingerprint density at radius 2 is 1.97 bits per heavy atom. The van der Waals surface area contributed by atoms with Crippen molar-refractivity contribution in [2.45, 2.75) is 52.6 Å². The van der Waals surface area contributed by atoms with Crippen molar-refractivity contribution in [3.8, 4) is 11.1 Å². The number of halogens is 2. The van der Waals surface area contributed by atoms with E-state index >= 15 is 0 Å². The minimum atomic E-state index is -3.53. The van der Waals surface area contributed by atoms with Crippen LogP contribution in [-0.4, -0.2) is 57.8 Å². The fourth-order valence-electron chi connectivity index (χ4n) is 5.18. The predicted octanol–water partition coefficient (Wildman–Crippen LogP) is 4.93. The number of hydrogen-bond donors (Lipinski definition) is 0. The minimum absolute atomic E-state index is 0.0408. The van der Waals surface area contributed by atoms with Gasteiger partial charge < -0.3 is 9.30 Å². The minimum Gasteiger partial charge on any atom is -0.461 e. The van der Waals surface area contributed by atoms with E-state index in [1.54, 1.807) is 18.7 Å². The summed E-state index contributed by atoms with van der Waals surface area (Å²) in [5.74, 6) is -0.446. The third kappa shape index (κ3) is 4.73. The van der Waals surface area contributed by atoms with Crippen molar-refractivity contribution in [2.24, 2.45) is 7.05 Å². The number of benzene rings is 1. The average molecular weight is 600 g/mol. The molecule has 4 rings (SSSR count). The van der Waals surface area contributed by atoms with E-state index in [9.17, 15) is 13.2 Å². The number of carbonyl (C=O) groups is 1. The van der Waals surface area contributed by atoms with Crippen molar-refractivity contribution in [1.29, 1.82) is 0 Å². The van der Waals surface area contributed by atoms with Gasteiger partial charge in [0.05, 0.1) is 35.1 Å². The lowest BCUT2D eigenvalue weighted by molar-refractivity contribution is 0.0513. The molecule has 2 aromatic heterocycles. The molecule has 0 spiro atoms. The van der Waals surface area contributed by atoms with E-state index in [1.807, 2.05) is 30.7 Å². The maximum atomic E-state index is 13.3. The van der Waals surface area contributed by atoms with Crippen LogP contribution in [0.5, 0.6) is 0 Å². The predicted molar refractivity (Wildman–Crippen MR) is 146 cm³/mol. The molecule has 196 valence electrons. The zero-order valence-corrected chi connectivity index (χ0v) is 24.3. The van der Waals surface area contributed by atoms with Crippen LogP contribution in [0.15, 0.2) is 12.1 Å². The van der Waals surface area contributed by atoms with Crippen LogP contribution in [0.4, 0.5) is 0 Å². The number of nitrogens with zero attached hydrogens (tertiary/aromatic N) is 4. The van der Waals surface area contributed by atoms with Crippen LogP contribution in [0, 0.1) is 0 Å². The second-order valence-electron chi connectivity index (χ2n) is 8.98. The van der Waals surface area contributed by atoms with Gasteiger partial charge in [-0.25, -0.2) is 13.2 Å². The number of alkyl halides is 1. The number of sulfonamides is 1. The highest BCUT2D eigenvalue weighted by Gasteiger charge is 2.31. The summed E-state index contributed by atoms with van der Waals surface area (Å²) in [6.45, 7) is 4.56. The quantitative estimate of drug-likeness (QED) is 0.296. The van der Waals surface area contributed by atoms with Crippen LogP contribution in [0.3, 0.4) is 0 Å². The molecule has 1 aliphatic heterocycles. The van der Waals surface area contributed by atoms with Gasteiger partial charge in [0.1, 0.15) is 5.69 Å². The van der Waals surface area contributed by atoms with Gasteiger partial charge in [0.15, 0.2) is 0 Å². The number of aromatic nitrogens is 3. The maximum absolute atomic E-state index is 13.3. The Morgan fingerprint density at radius 1 is 1.22 bits per heavy atom. The van der Waals surface area contributed by atoms with Crippen molar-refractivity contribution in [2.75, 3.05) is 24.7 Å². The number of hydrogen-bond acceptors (Lipinski definition) is 5. The Morgan fingerprint density at radius 3 is 2.64 bits per heavy atom. The van der Waals surface area contributed by atoms with Gasteiger partial charge in [-0.3, -0.25) is 4.68 Å². The second-order valence-corrected chi connectivity index (χ2v) is 12.4. The first-order valence-corrected chi connectivity index (χ1v) is 15.3. The molecule has 0 N–H and O–H groups in total. The number of rotatable bonds is 6. The van der Waals surface area contributed by atoms with E-state index in [2.05, 4.69) is 15.9 Å². The van der Waals surface area contributed by atoms with E-state index < -0.39 is 16.0 Å². The van der Waals surface area contributed by atoms with Gasteiger partial charge in [-0.05, 0) is 44.2 Å². The molecule has 0 radical (unpaired) electrons. The number of fused-ring (bicyclic) bond motifs is 2. The molecule has 1 aromatic carbocycles. The molecule has 0 amide bonds. The molecule has 0 bridgehead atoms. The van der Waals surface area contributed by atoms with Gasteiger partial charge >= 0.3 is 5.97 Å². The molecule has 3 heterocycles. The standard InChI is InChI=1S/C25H32BrClN4O4S/c1-5-20-22-19(28-30(20)4)15-29(3)36(33,34)14-8-13-31-23-17(10-11-18(27)21(22)23)16(9-7-12-26)24(31)25(32)35-6-2/h10-11H,5-9,12-15H2,1-4H3. The monoisotopic (exact) mass is 598 g/mol. The first kappa shape index (κ1) is 27.2. The molecule has 0 aliphatic carbocycles. The van der Waals surface area contributed by atoms with Crippen LogP contribution in [0.25, 0.3) is 22.0 Å². The van der Waals surface area contributed by atoms with Gasteiger partial charge in [0.2, 0.25) is 10.0 Å². The molecule has 8 nitrogen and oxygen atoms in total. The molecule has 3 aromatic rings. The van der Waals surface area contributed by atoms with Crippen LogP contribution in [0.1, 0.15) is 54.1 Å². The second kappa shape index (κ2) is 10.8. The summed E-state index contributed by atoms with van der Waals surface area (Å²) in [7, 11) is -0.0804. The highest BCUT2D eigenvalue weighted by atomic mass is 79.9. The Kier molecular flexibility index (Phi) is 8.19. The molecular weight excluding hydrogens is 568 g/mol. The van der Waals surface area contributed by atoms with Gasteiger partial charge in [0.25, 0.3) is 0 Å². The smallest absolute Gasteiger partial charge is 0.355 e. The number of carbonyl (C=O) groups excluding carboxylic acids is 1. The van der Waals surface area contributed by atoms with Crippen LogP contribution >= 0.6 is 27.5 Å². The number of ether oxygens (including phenoxy) is 1. The van der Waals surface area contributed by atoms with Gasteiger partial charge in [0, 0.05) is 48.2 Å². The van der Waals surface area contributed by atoms with Crippen LogP contribution in [-0.2, 0) is 47.7 Å². The average Bonchev–Trinajstić information content (AvgIpc) is 3.30. The van der Waals surface area contributed by atoms with E-state index in [4.69, 9.17) is 21.4 Å². The largest absolute Gasteiger partial charge is 0.461 e. The molecule has 0 unspecified atom stereocenters. The van der Waals surface area contributed by atoms with Crippen LogP contribution < -0.4 is 0 Å². The lowest BCUT2D eigenvalue weighted by Crippen LogP contribution is -2.29. The summed E-state index contributed by atoms with van der Waals surface area (Å²) in [5, 5.41) is 7.00. The fourth-order valence-corrected chi connectivity index (χ4v) is 6.83. The van der Waals surface area contributed by atoms with Crippen molar-refractivity contribution >= 4 is 54.4 Å². The third-order valence-corrected chi connectivity index (χ3v) is 9.52. The Labute approximate surface area is 225 Å². The summed E-state index contributed by atoms with van der Waals surface area (Å²) in [6.07, 6.45) is 2.54. The highest BCUT2D eigenvalue weighted by Crippen LogP contribution is 2.43. The summed E-state index contributed by atoms with van der Waals surface area (Å²) in [6, 6.07) is 3.83. The molecule has 1 aliphatic rings. The fraction of sp³-hybridized carbons (Fsp3) is 0.520. The zero-order chi connectivity index (χ0) is 26.2. The normalized spacial score (nSPS) is 16.1. The van der Waals surface area contributed by atoms with Crippen molar-refractivity contribution in [3.05, 3.63) is 39.8 Å². The van der Waals surface area contributed by atoms with Crippen LogP contribution in [0.2, 0.25) is 5.02 Å². The SMILES string of the molecule is CCOC(=O)c1c(CCCBr)c2ccc(Cl)c3c2n1CCCS(=O)(=O)N(C)Cc1nn(C)c(CC)c1-3. The number of aryl methyl sites for hydroxylation is 3. The molecular formula is C25H32BrClN4O4S. The maximum Gasteiger partial charge on any atom is 0.355 e. The van der Waals surface area contributed by atoms with E-state index in [1.165, 1.54) is 4.31 Å². The van der Waals surface area contributed by atoms with E-state index in [0.29, 0.717) is 42.2 Å². The molecule has 0 saturated heterocycles.